The summed E-state index contributed by atoms with van der Waals surface area (Å²) >= 11 is 3.55. The molecule has 0 unspecified atom stereocenters. The monoisotopic (exact) mass is 299 g/mol. The quantitative estimate of drug-likeness (QED) is 0.878. The zero-order chi connectivity index (χ0) is 12.8. The third-order valence-electron chi connectivity index (χ3n) is 2.58. The zero-order valence-corrected chi connectivity index (χ0v) is 11.8. The van der Waals surface area contributed by atoms with Gasteiger partial charge in [-0.3, -0.25) is 4.79 Å². The molecule has 3 nitrogen and oxygen atoms in total. The molecule has 0 saturated heterocycles. The van der Waals surface area contributed by atoms with Gasteiger partial charge in [0.1, 0.15) is 0 Å². The van der Waals surface area contributed by atoms with Crippen LogP contribution in [0.3, 0.4) is 0 Å². The molecule has 0 fully saturated rings. The number of aliphatic carboxylic acids is 1. The fourth-order valence-electron chi connectivity index (χ4n) is 1.65. The van der Waals surface area contributed by atoms with Crippen LogP contribution in [0.4, 0.5) is 0 Å². The average molecular weight is 300 g/mol. The van der Waals surface area contributed by atoms with Crippen molar-refractivity contribution in [2.75, 3.05) is 13.6 Å². The van der Waals surface area contributed by atoms with E-state index in [9.17, 15) is 4.79 Å². The van der Waals surface area contributed by atoms with Gasteiger partial charge in [-0.25, -0.2) is 0 Å². The first-order valence-electron chi connectivity index (χ1n) is 5.64. The van der Waals surface area contributed by atoms with Gasteiger partial charge in [0.05, 0.1) is 0 Å². The highest BCUT2D eigenvalue weighted by Gasteiger charge is 2.05. The summed E-state index contributed by atoms with van der Waals surface area (Å²) in [4.78, 5) is 12.5. The van der Waals surface area contributed by atoms with Gasteiger partial charge < -0.3 is 10.0 Å². The standard InChI is InChI=1S/C13H18BrNO2/c1-10-5-6-11(12(14)8-10)9-15(2)7-3-4-13(16)17/h5-6,8H,3-4,7,9H2,1-2H3,(H,16,17). The Hall–Kier alpha value is -0.870. The Morgan fingerprint density at radius 2 is 2.18 bits per heavy atom. The Kier molecular flexibility index (Phi) is 5.65. The molecule has 0 aromatic heterocycles. The highest BCUT2D eigenvalue weighted by molar-refractivity contribution is 9.10. The molecule has 0 radical (unpaired) electrons. The molecule has 0 aliphatic heterocycles. The average Bonchev–Trinajstić information content (AvgIpc) is 2.21. The Morgan fingerprint density at radius 1 is 1.47 bits per heavy atom. The molecular formula is C13H18BrNO2. The molecule has 0 aliphatic rings. The molecule has 0 spiro atoms. The first-order valence-corrected chi connectivity index (χ1v) is 6.43. The molecule has 1 aromatic carbocycles. The minimum atomic E-state index is -0.727. The van der Waals surface area contributed by atoms with E-state index >= 15 is 0 Å². The summed E-state index contributed by atoms with van der Waals surface area (Å²) in [5.74, 6) is -0.727. The van der Waals surface area contributed by atoms with Gasteiger partial charge in [-0.15, -0.1) is 0 Å². The number of carboxylic acid groups (broad SMARTS) is 1. The van der Waals surface area contributed by atoms with E-state index in [1.807, 2.05) is 7.05 Å². The Labute approximate surface area is 111 Å². The summed E-state index contributed by atoms with van der Waals surface area (Å²) in [7, 11) is 2.01. The van der Waals surface area contributed by atoms with Gasteiger partial charge in [0.25, 0.3) is 0 Å². The Morgan fingerprint density at radius 3 is 2.76 bits per heavy atom. The zero-order valence-electron chi connectivity index (χ0n) is 10.2. The topological polar surface area (TPSA) is 40.5 Å². The highest BCUT2D eigenvalue weighted by atomic mass is 79.9. The van der Waals surface area contributed by atoms with Gasteiger partial charge in [-0.1, -0.05) is 28.1 Å². The molecule has 0 aliphatic carbocycles. The van der Waals surface area contributed by atoms with E-state index in [0.29, 0.717) is 6.42 Å². The maximum Gasteiger partial charge on any atom is 0.303 e. The molecule has 17 heavy (non-hydrogen) atoms. The lowest BCUT2D eigenvalue weighted by molar-refractivity contribution is -0.137. The van der Waals surface area contributed by atoms with Gasteiger partial charge in [0.15, 0.2) is 0 Å². The van der Waals surface area contributed by atoms with Crippen molar-refractivity contribution in [3.05, 3.63) is 33.8 Å². The minimum absolute atomic E-state index is 0.236. The lowest BCUT2D eigenvalue weighted by Gasteiger charge is -2.17. The largest absolute Gasteiger partial charge is 0.481 e. The van der Waals surface area contributed by atoms with Crippen molar-refractivity contribution in [2.45, 2.75) is 26.3 Å². The molecular weight excluding hydrogens is 282 g/mol. The van der Waals surface area contributed by atoms with Crippen LogP contribution in [0.15, 0.2) is 22.7 Å². The molecule has 0 amide bonds. The minimum Gasteiger partial charge on any atom is -0.481 e. The second kappa shape index (κ2) is 6.77. The fraction of sp³-hybridized carbons (Fsp3) is 0.462. The summed E-state index contributed by atoms with van der Waals surface area (Å²) in [5, 5.41) is 8.56. The van der Waals surface area contributed by atoms with E-state index in [1.54, 1.807) is 0 Å². The van der Waals surface area contributed by atoms with Crippen LogP contribution in [0, 0.1) is 6.92 Å². The smallest absolute Gasteiger partial charge is 0.303 e. The number of rotatable bonds is 6. The first kappa shape index (κ1) is 14.2. The van der Waals surface area contributed by atoms with Crippen LogP contribution in [0.25, 0.3) is 0 Å². The van der Waals surface area contributed by atoms with E-state index in [1.165, 1.54) is 11.1 Å². The maximum atomic E-state index is 10.4. The van der Waals surface area contributed by atoms with Gasteiger partial charge in [-0.05, 0) is 44.1 Å². The Bertz CT molecular complexity index is 393. The van der Waals surface area contributed by atoms with E-state index < -0.39 is 5.97 Å². The third kappa shape index (κ3) is 5.33. The molecule has 0 bridgehead atoms. The van der Waals surface area contributed by atoms with Gasteiger partial charge in [0, 0.05) is 17.4 Å². The van der Waals surface area contributed by atoms with Crippen LogP contribution in [0.1, 0.15) is 24.0 Å². The van der Waals surface area contributed by atoms with Crippen molar-refractivity contribution in [3.63, 3.8) is 0 Å². The number of carboxylic acids is 1. The summed E-state index contributed by atoms with van der Waals surface area (Å²) in [6.07, 6.45) is 0.925. The second-order valence-electron chi connectivity index (χ2n) is 4.33. The molecule has 4 heteroatoms. The van der Waals surface area contributed by atoms with Crippen molar-refractivity contribution in [1.29, 1.82) is 0 Å². The van der Waals surface area contributed by atoms with E-state index in [-0.39, 0.29) is 6.42 Å². The number of hydrogen-bond donors (Lipinski definition) is 1. The normalized spacial score (nSPS) is 10.8. The summed E-state index contributed by atoms with van der Waals surface area (Å²) < 4.78 is 1.11. The van der Waals surface area contributed by atoms with Crippen molar-refractivity contribution in [2.24, 2.45) is 0 Å². The molecule has 1 rings (SSSR count). The number of aryl methyl sites for hydroxylation is 1. The van der Waals surface area contributed by atoms with E-state index in [2.05, 4.69) is 46.0 Å². The summed E-state index contributed by atoms with van der Waals surface area (Å²) in [5.41, 5.74) is 2.46. The SMILES string of the molecule is Cc1ccc(CN(C)CCCC(=O)O)c(Br)c1. The van der Waals surface area contributed by atoms with Crippen LogP contribution < -0.4 is 0 Å². The molecule has 0 atom stereocenters. The van der Waals surface area contributed by atoms with Crippen molar-refractivity contribution in [3.8, 4) is 0 Å². The first-order chi connectivity index (χ1) is 7.99. The number of benzene rings is 1. The number of hydrogen-bond acceptors (Lipinski definition) is 2. The van der Waals surface area contributed by atoms with E-state index in [0.717, 1.165) is 17.6 Å². The fourth-order valence-corrected chi connectivity index (χ4v) is 2.27. The van der Waals surface area contributed by atoms with Gasteiger partial charge in [-0.2, -0.15) is 0 Å². The summed E-state index contributed by atoms with van der Waals surface area (Å²) in [6.45, 7) is 3.69. The predicted octanol–water partition coefficient (Wildman–Crippen LogP) is 3.05. The molecule has 0 saturated carbocycles. The van der Waals surface area contributed by atoms with Gasteiger partial charge >= 0.3 is 5.97 Å². The van der Waals surface area contributed by atoms with Crippen molar-refractivity contribution < 1.29 is 9.90 Å². The maximum absolute atomic E-state index is 10.4. The van der Waals surface area contributed by atoms with Crippen LogP contribution in [-0.4, -0.2) is 29.6 Å². The molecule has 0 heterocycles. The lowest BCUT2D eigenvalue weighted by atomic mass is 10.1. The molecule has 1 N–H and O–H groups in total. The number of nitrogens with zero attached hydrogens (tertiary/aromatic N) is 1. The molecule has 1 aromatic rings. The van der Waals surface area contributed by atoms with Crippen LogP contribution in [0.5, 0.6) is 0 Å². The summed E-state index contributed by atoms with van der Waals surface area (Å²) in [6, 6.07) is 6.29. The van der Waals surface area contributed by atoms with Crippen molar-refractivity contribution in [1.82, 2.24) is 4.90 Å². The van der Waals surface area contributed by atoms with Crippen molar-refractivity contribution >= 4 is 21.9 Å². The Balaban J connectivity index is 2.44. The number of halogens is 1. The van der Waals surface area contributed by atoms with Crippen LogP contribution in [0.2, 0.25) is 0 Å². The van der Waals surface area contributed by atoms with Crippen LogP contribution in [-0.2, 0) is 11.3 Å². The lowest BCUT2D eigenvalue weighted by Crippen LogP contribution is -2.20. The number of carbonyl (C=O) groups is 1. The molecule has 94 valence electrons. The van der Waals surface area contributed by atoms with Crippen LogP contribution >= 0.6 is 15.9 Å². The van der Waals surface area contributed by atoms with Gasteiger partial charge in [0.2, 0.25) is 0 Å². The second-order valence-corrected chi connectivity index (χ2v) is 5.18. The van der Waals surface area contributed by atoms with E-state index in [4.69, 9.17) is 5.11 Å². The highest BCUT2D eigenvalue weighted by Crippen LogP contribution is 2.19. The predicted molar refractivity (Wildman–Crippen MR) is 72.1 cm³/mol. The third-order valence-corrected chi connectivity index (χ3v) is 3.32.